The molecule has 1 aromatic heterocycles. The van der Waals surface area contributed by atoms with E-state index in [4.69, 9.17) is 11.6 Å². The molecule has 2 heterocycles. The summed E-state index contributed by atoms with van der Waals surface area (Å²) in [5, 5.41) is 0.490. The maximum Gasteiger partial charge on any atom is 0.219 e. The van der Waals surface area contributed by atoms with Crippen LogP contribution in [0.15, 0.2) is 12.4 Å². The number of carbonyl (C=O) groups excluding carboxylic acids is 1. The van der Waals surface area contributed by atoms with Gasteiger partial charge in [0.2, 0.25) is 5.91 Å². The molecule has 5 heteroatoms. The van der Waals surface area contributed by atoms with Crippen molar-refractivity contribution in [2.75, 3.05) is 13.1 Å². The van der Waals surface area contributed by atoms with Crippen LogP contribution < -0.4 is 0 Å². The minimum Gasteiger partial charge on any atom is -0.343 e. The van der Waals surface area contributed by atoms with Crippen LogP contribution in [-0.2, 0) is 4.79 Å². The second-order valence-corrected chi connectivity index (χ2v) is 4.37. The normalized spacial score (nSPS) is 17.5. The molecule has 4 nitrogen and oxygen atoms in total. The number of piperidine rings is 1. The third-order valence-electron chi connectivity index (χ3n) is 3.01. The van der Waals surface area contributed by atoms with Gasteiger partial charge in [0.25, 0.3) is 0 Å². The molecular formula is C11H14ClN3O. The summed E-state index contributed by atoms with van der Waals surface area (Å²) in [6.07, 6.45) is 5.09. The maximum absolute atomic E-state index is 11.2. The van der Waals surface area contributed by atoms with Gasteiger partial charge in [-0.3, -0.25) is 9.78 Å². The van der Waals surface area contributed by atoms with Gasteiger partial charge in [-0.15, -0.1) is 0 Å². The van der Waals surface area contributed by atoms with Gasteiger partial charge in [0, 0.05) is 38.3 Å². The summed E-state index contributed by atoms with van der Waals surface area (Å²) in [6, 6.07) is 0. The van der Waals surface area contributed by atoms with Crippen LogP contribution in [0.4, 0.5) is 0 Å². The van der Waals surface area contributed by atoms with E-state index in [2.05, 4.69) is 9.97 Å². The summed E-state index contributed by atoms with van der Waals surface area (Å²) in [6.45, 7) is 3.18. The zero-order valence-electron chi connectivity index (χ0n) is 9.19. The lowest BCUT2D eigenvalue weighted by molar-refractivity contribution is -0.129. The first kappa shape index (κ1) is 11.3. The molecule has 1 aliphatic heterocycles. The molecule has 0 bridgehead atoms. The number of halogens is 1. The Balaban J connectivity index is 2.05. The molecule has 0 radical (unpaired) electrons. The first-order valence-corrected chi connectivity index (χ1v) is 5.78. The average molecular weight is 240 g/mol. The van der Waals surface area contributed by atoms with Gasteiger partial charge in [0.05, 0.1) is 5.69 Å². The molecule has 0 saturated carbocycles. The van der Waals surface area contributed by atoms with Crippen molar-refractivity contribution in [3.63, 3.8) is 0 Å². The second kappa shape index (κ2) is 4.78. The molecule has 86 valence electrons. The number of amides is 1. The van der Waals surface area contributed by atoms with Gasteiger partial charge in [-0.05, 0) is 12.8 Å². The Bertz CT molecular complexity index is 389. The van der Waals surface area contributed by atoms with Gasteiger partial charge in [0.1, 0.15) is 0 Å². The molecule has 0 spiro atoms. The zero-order valence-corrected chi connectivity index (χ0v) is 9.94. The van der Waals surface area contributed by atoms with Crippen molar-refractivity contribution in [1.82, 2.24) is 14.9 Å². The highest BCUT2D eigenvalue weighted by atomic mass is 35.5. The molecule has 1 fully saturated rings. The molecule has 0 unspecified atom stereocenters. The third-order valence-corrected chi connectivity index (χ3v) is 3.30. The van der Waals surface area contributed by atoms with E-state index < -0.39 is 0 Å². The van der Waals surface area contributed by atoms with Gasteiger partial charge in [-0.1, -0.05) is 11.6 Å². The molecule has 0 aliphatic carbocycles. The van der Waals surface area contributed by atoms with Crippen LogP contribution in [0, 0.1) is 0 Å². The van der Waals surface area contributed by atoms with Gasteiger partial charge in [0.15, 0.2) is 5.15 Å². The molecule has 1 saturated heterocycles. The zero-order chi connectivity index (χ0) is 11.5. The maximum atomic E-state index is 11.2. The number of carbonyl (C=O) groups is 1. The van der Waals surface area contributed by atoms with Crippen molar-refractivity contribution in [2.45, 2.75) is 25.7 Å². The number of hydrogen-bond donors (Lipinski definition) is 0. The van der Waals surface area contributed by atoms with E-state index in [1.807, 2.05) is 4.90 Å². The molecule has 1 aliphatic rings. The van der Waals surface area contributed by atoms with Crippen LogP contribution in [0.5, 0.6) is 0 Å². The van der Waals surface area contributed by atoms with Crippen LogP contribution in [0.3, 0.4) is 0 Å². The molecule has 2 rings (SSSR count). The SMILES string of the molecule is CC(=O)N1CCC(c2nccnc2Cl)CC1. The number of hydrogen-bond acceptors (Lipinski definition) is 3. The summed E-state index contributed by atoms with van der Waals surface area (Å²) in [4.78, 5) is 21.3. The molecular weight excluding hydrogens is 226 g/mol. The molecule has 16 heavy (non-hydrogen) atoms. The molecule has 0 atom stereocenters. The monoisotopic (exact) mass is 239 g/mol. The van der Waals surface area contributed by atoms with Crippen molar-refractivity contribution < 1.29 is 4.79 Å². The van der Waals surface area contributed by atoms with Crippen molar-refractivity contribution in [2.24, 2.45) is 0 Å². The van der Waals surface area contributed by atoms with E-state index in [9.17, 15) is 4.79 Å². The van der Waals surface area contributed by atoms with Crippen LogP contribution >= 0.6 is 11.6 Å². The fraction of sp³-hybridized carbons (Fsp3) is 0.545. The highest BCUT2D eigenvalue weighted by Crippen LogP contribution is 2.29. The summed E-state index contributed by atoms with van der Waals surface area (Å²) in [7, 11) is 0. The van der Waals surface area contributed by atoms with Crippen molar-refractivity contribution in [3.05, 3.63) is 23.2 Å². The van der Waals surface area contributed by atoms with Gasteiger partial charge in [-0.25, -0.2) is 4.98 Å². The quantitative estimate of drug-likeness (QED) is 0.752. The Morgan fingerprint density at radius 1 is 1.38 bits per heavy atom. The lowest BCUT2D eigenvalue weighted by Crippen LogP contribution is -2.36. The number of nitrogens with zero attached hydrogens (tertiary/aromatic N) is 3. The fourth-order valence-corrected chi connectivity index (χ4v) is 2.33. The molecule has 1 amide bonds. The van der Waals surface area contributed by atoms with E-state index in [1.165, 1.54) is 0 Å². The van der Waals surface area contributed by atoms with E-state index >= 15 is 0 Å². The summed E-state index contributed by atoms with van der Waals surface area (Å²) >= 11 is 6.00. The topological polar surface area (TPSA) is 46.1 Å². The van der Waals surface area contributed by atoms with Gasteiger partial charge >= 0.3 is 0 Å². The Kier molecular flexibility index (Phi) is 3.39. The second-order valence-electron chi connectivity index (χ2n) is 4.01. The minimum atomic E-state index is 0.142. The van der Waals surface area contributed by atoms with Crippen LogP contribution in [0.2, 0.25) is 5.15 Å². The predicted octanol–water partition coefficient (Wildman–Crippen LogP) is 1.86. The largest absolute Gasteiger partial charge is 0.343 e. The standard InChI is InChI=1S/C11H14ClN3O/c1-8(16)15-6-2-9(3-7-15)10-11(12)14-5-4-13-10/h4-5,9H,2-3,6-7H2,1H3. The van der Waals surface area contributed by atoms with Crippen LogP contribution in [0.25, 0.3) is 0 Å². The number of likely N-dealkylation sites (tertiary alicyclic amines) is 1. The predicted molar refractivity (Wildman–Crippen MR) is 61.3 cm³/mol. The first-order valence-electron chi connectivity index (χ1n) is 5.40. The van der Waals surface area contributed by atoms with Gasteiger partial charge in [-0.2, -0.15) is 0 Å². The van der Waals surface area contributed by atoms with E-state index in [0.717, 1.165) is 31.6 Å². The highest BCUT2D eigenvalue weighted by molar-refractivity contribution is 6.30. The van der Waals surface area contributed by atoms with Crippen molar-refractivity contribution in [3.8, 4) is 0 Å². The summed E-state index contributed by atoms with van der Waals surface area (Å²) in [5.74, 6) is 0.473. The molecule has 0 N–H and O–H groups in total. The van der Waals surface area contributed by atoms with Crippen LogP contribution in [-0.4, -0.2) is 33.9 Å². The van der Waals surface area contributed by atoms with E-state index in [-0.39, 0.29) is 5.91 Å². The lowest BCUT2D eigenvalue weighted by atomic mass is 9.94. The van der Waals surface area contributed by atoms with Crippen molar-refractivity contribution >= 4 is 17.5 Å². The minimum absolute atomic E-state index is 0.142. The molecule has 0 aromatic carbocycles. The third kappa shape index (κ3) is 2.32. The summed E-state index contributed by atoms with van der Waals surface area (Å²) in [5.41, 5.74) is 0.868. The molecule has 1 aromatic rings. The Morgan fingerprint density at radius 2 is 2.00 bits per heavy atom. The highest BCUT2D eigenvalue weighted by Gasteiger charge is 2.24. The van der Waals surface area contributed by atoms with E-state index in [1.54, 1.807) is 19.3 Å². The average Bonchev–Trinajstić information content (AvgIpc) is 2.30. The smallest absolute Gasteiger partial charge is 0.219 e. The van der Waals surface area contributed by atoms with E-state index in [0.29, 0.717) is 11.1 Å². The first-order chi connectivity index (χ1) is 7.68. The Hall–Kier alpha value is -1.16. The lowest BCUT2D eigenvalue weighted by Gasteiger charge is -2.31. The Labute approximate surface area is 99.6 Å². The fourth-order valence-electron chi connectivity index (χ4n) is 2.07. The van der Waals surface area contributed by atoms with Gasteiger partial charge < -0.3 is 4.90 Å². The summed E-state index contributed by atoms with van der Waals surface area (Å²) < 4.78 is 0. The van der Waals surface area contributed by atoms with Crippen molar-refractivity contribution in [1.29, 1.82) is 0 Å². The Morgan fingerprint density at radius 3 is 2.56 bits per heavy atom. The number of aromatic nitrogens is 2. The number of rotatable bonds is 1. The van der Waals surface area contributed by atoms with Crippen LogP contribution in [0.1, 0.15) is 31.4 Å².